The summed E-state index contributed by atoms with van der Waals surface area (Å²) in [4.78, 5) is 40.6. The van der Waals surface area contributed by atoms with Crippen molar-refractivity contribution in [2.24, 2.45) is 0 Å². The fourth-order valence-electron chi connectivity index (χ4n) is 5.24. The first kappa shape index (κ1) is 21.1. The Kier molecular flexibility index (Phi) is 4.92. The number of fused-ring (bicyclic) bond motifs is 2. The van der Waals surface area contributed by atoms with Crippen molar-refractivity contribution >= 4 is 17.7 Å². The molecule has 5 rings (SSSR count). The van der Waals surface area contributed by atoms with Gasteiger partial charge in [0.05, 0.1) is 6.54 Å². The summed E-state index contributed by atoms with van der Waals surface area (Å²) in [6.45, 7) is 3.26. The molecule has 1 atom stereocenters. The van der Waals surface area contributed by atoms with Gasteiger partial charge in [0.1, 0.15) is 11.4 Å². The fourth-order valence-corrected chi connectivity index (χ4v) is 5.24. The Labute approximate surface area is 191 Å². The summed E-state index contributed by atoms with van der Waals surface area (Å²) in [6, 6.07) is 14.9. The number of Topliss-reactive ketones (excluding diaryl/α,β-unsaturated/α-hetero) is 1. The normalized spacial score (nSPS) is 19.7. The molecule has 1 aliphatic carbocycles. The van der Waals surface area contributed by atoms with Gasteiger partial charge in [-0.15, -0.1) is 0 Å². The van der Waals surface area contributed by atoms with E-state index in [9.17, 15) is 18.8 Å². The van der Waals surface area contributed by atoms with Crippen LogP contribution in [0.4, 0.5) is 9.18 Å². The Morgan fingerprint density at radius 2 is 1.88 bits per heavy atom. The van der Waals surface area contributed by atoms with E-state index in [1.807, 2.05) is 31.2 Å². The van der Waals surface area contributed by atoms with Gasteiger partial charge < -0.3 is 9.88 Å². The van der Waals surface area contributed by atoms with Crippen LogP contribution in [-0.2, 0) is 16.8 Å². The molecule has 2 aliphatic rings. The molecule has 1 spiro atoms. The van der Waals surface area contributed by atoms with E-state index in [1.165, 1.54) is 12.1 Å². The van der Waals surface area contributed by atoms with Crippen molar-refractivity contribution in [2.75, 3.05) is 6.54 Å². The van der Waals surface area contributed by atoms with E-state index in [2.05, 4.69) is 5.32 Å². The van der Waals surface area contributed by atoms with Crippen LogP contribution >= 0.6 is 0 Å². The van der Waals surface area contributed by atoms with Crippen LogP contribution in [0.3, 0.4) is 0 Å². The Balaban J connectivity index is 1.44. The van der Waals surface area contributed by atoms with Crippen LogP contribution in [0.5, 0.6) is 0 Å². The maximum Gasteiger partial charge on any atom is 0.325 e. The van der Waals surface area contributed by atoms with E-state index >= 15 is 0 Å². The molecule has 168 valence electrons. The number of hydrogen-bond donors (Lipinski definition) is 1. The molecule has 0 radical (unpaired) electrons. The van der Waals surface area contributed by atoms with Crippen molar-refractivity contribution in [3.63, 3.8) is 0 Å². The lowest BCUT2D eigenvalue weighted by Crippen LogP contribution is -2.46. The number of nitrogens with zero attached hydrogens (tertiary/aromatic N) is 2. The summed E-state index contributed by atoms with van der Waals surface area (Å²) in [5, 5.41) is 2.88. The van der Waals surface area contributed by atoms with Gasteiger partial charge in [-0.2, -0.15) is 0 Å². The molecule has 1 aliphatic heterocycles. The molecule has 0 saturated carbocycles. The predicted molar refractivity (Wildman–Crippen MR) is 121 cm³/mol. The van der Waals surface area contributed by atoms with Crippen molar-refractivity contribution < 1.29 is 18.8 Å². The van der Waals surface area contributed by atoms with Crippen LogP contribution in [0.15, 0.2) is 54.6 Å². The second kappa shape index (κ2) is 7.69. The van der Waals surface area contributed by atoms with Crippen molar-refractivity contribution in [1.82, 2.24) is 14.8 Å². The number of benzene rings is 2. The SMILES string of the molecule is Cc1cc(C(=O)CN2C(=O)N[C@@]3(CCCc4ccccc43)C2=O)c(C)n1-c1cccc(F)c1. The van der Waals surface area contributed by atoms with Crippen LogP contribution in [0.25, 0.3) is 5.69 Å². The highest BCUT2D eigenvalue weighted by atomic mass is 19.1. The highest BCUT2D eigenvalue weighted by Crippen LogP contribution is 2.40. The van der Waals surface area contributed by atoms with Crippen molar-refractivity contribution in [3.05, 3.63) is 88.5 Å². The van der Waals surface area contributed by atoms with Gasteiger partial charge in [0, 0.05) is 22.6 Å². The Hall–Kier alpha value is -3.74. The van der Waals surface area contributed by atoms with Crippen LogP contribution < -0.4 is 5.32 Å². The summed E-state index contributed by atoms with van der Waals surface area (Å²) in [6.07, 6.45) is 2.14. The number of amides is 3. The molecular formula is C26H24FN3O3. The van der Waals surface area contributed by atoms with Crippen LogP contribution in [-0.4, -0.2) is 33.7 Å². The van der Waals surface area contributed by atoms with Crippen LogP contribution in [0.1, 0.15) is 45.7 Å². The van der Waals surface area contributed by atoms with Crippen LogP contribution in [0.2, 0.25) is 0 Å². The van der Waals surface area contributed by atoms with Crippen molar-refractivity contribution in [2.45, 2.75) is 38.6 Å². The second-order valence-electron chi connectivity index (χ2n) is 8.76. The molecule has 1 N–H and O–H groups in total. The lowest BCUT2D eigenvalue weighted by molar-refractivity contribution is -0.131. The molecule has 1 fully saturated rings. The van der Waals surface area contributed by atoms with Gasteiger partial charge in [-0.3, -0.25) is 14.5 Å². The number of nitrogens with one attached hydrogen (secondary N) is 1. The molecule has 7 heteroatoms. The molecule has 1 saturated heterocycles. The maximum atomic E-state index is 13.7. The lowest BCUT2D eigenvalue weighted by atomic mass is 9.76. The number of imide groups is 1. The third-order valence-corrected chi connectivity index (χ3v) is 6.75. The van der Waals surface area contributed by atoms with Gasteiger partial charge in [-0.25, -0.2) is 9.18 Å². The second-order valence-corrected chi connectivity index (χ2v) is 8.76. The van der Waals surface area contributed by atoms with Crippen molar-refractivity contribution in [3.8, 4) is 5.69 Å². The number of carbonyl (C=O) groups excluding carboxylic acids is 3. The third-order valence-electron chi connectivity index (χ3n) is 6.75. The summed E-state index contributed by atoms with van der Waals surface area (Å²) >= 11 is 0. The summed E-state index contributed by atoms with van der Waals surface area (Å²) < 4.78 is 15.5. The average molecular weight is 445 g/mol. The number of halogens is 1. The van der Waals surface area contributed by atoms with E-state index < -0.39 is 11.6 Å². The monoisotopic (exact) mass is 445 g/mol. The molecule has 1 aromatic heterocycles. The quantitative estimate of drug-likeness (QED) is 0.483. The molecule has 2 aromatic carbocycles. The van der Waals surface area contributed by atoms with Gasteiger partial charge in [0.2, 0.25) is 0 Å². The zero-order chi connectivity index (χ0) is 23.3. The largest absolute Gasteiger partial charge is 0.325 e. The summed E-state index contributed by atoms with van der Waals surface area (Å²) in [5.41, 5.74) is 3.16. The predicted octanol–water partition coefficient (Wildman–Crippen LogP) is 4.20. The van der Waals surface area contributed by atoms with E-state index in [-0.39, 0.29) is 24.1 Å². The number of rotatable bonds is 4. The number of carbonyl (C=O) groups is 3. The number of urea groups is 1. The first-order valence-corrected chi connectivity index (χ1v) is 11.0. The lowest BCUT2D eigenvalue weighted by Gasteiger charge is -2.33. The molecule has 6 nitrogen and oxygen atoms in total. The molecule has 0 unspecified atom stereocenters. The summed E-state index contributed by atoms with van der Waals surface area (Å²) in [5.74, 6) is -1.09. The molecule has 0 bridgehead atoms. The molecule has 2 heterocycles. The van der Waals surface area contributed by atoms with E-state index in [4.69, 9.17) is 0 Å². The van der Waals surface area contributed by atoms with Crippen molar-refractivity contribution in [1.29, 1.82) is 0 Å². The summed E-state index contributed by atoms with van der Waals surface area (Å²) in [7, 11) is 0. The standard InChI is InChI=1S/C26H24FN3O3/c1-16-13-21(17(2)30(16)20-10-5-9-19(27)14-20)23(31)15-29-24(32)26(28-25(29)33)12-6-8-18-7-3-4-11-22(18)26/h3-5,7,9-11,13-14H,6,8,12,15H2,1-2H3,(H,28,33)/t26-/m1/s1. The number of ketones is 1. The molecule has 33 heavy (non-hydrogen) atoms. The van der Waals surface area contributed by atoms with E-state index in [1.54, 1.807) is 29.7 Å². The van der Waals surface area contributed by atoms with Gasteiger partial charge in [-0.1, -0.05) is 30.3 Å². The zero-order valence-corrected chi connectivity index (χ0v) is 18.5. The number of aryl methyl sites for hydroxylation is 2. The van der Waals surface area contributed by atoms with Crippen LogP contribution in [0, 0.1) is 19.7 Å². The first-order chi connectivity index (χ1) is 15.8. The van der Waals surface area contributed by atoms with Gasteiger partial charge in [0.15, 0.2) is 5.78 Å². The highest BCUT2D eigenvalue weighted by Gasteiger charge is 2.54. The van der Waals surface area contributed by atoms with Gasteiger partial charge in [0.25, 0.3) is 5.91 Å². The average Bonchev–Trinajstić information content (AvgIpc) is 3.22. The minimum absolute atomic E-state index is 0.338. The molecule has 3 amide bonds. The first-order valence-electron chi connectivity index (χ1n) is 11.0. The minimum Gasteiger partial charge on any atom is -0.319 e. The zero-order valence-electron chi connectivity index (χ0n) is 18.5. The Bertz CT molecular complexity index is 1310. The molecule has 3 aromatic rings. The molecular weight excluding hydrogens is 421 g/mol. The highest BCUT2D eigenvalue weighted by molar-refractivity contribution is 6.12. The smallest absolute Gasteiger partial charge is 0.319 e. The topological polar surface area (TPSA) is 71.4 Å². The number of aromatic nitrogens is 1. The van der Waals surface area contributed by atoms with E-state index in [0.717, 1.165) is 34.6 Å². The fraction of sp³-hybridized carbons (Fsp3) is 0.269. The Morgan fingerprint density at radius 1 is 1.09 bits per heavy atom. The number of hydrogen-bond acceptors (Lipinski definition) is 3. The third kappa shape index (κ3) is 3.26. The van der Waals surface area contributed by atoms with E-state index in [0.29, 0.717) is 23.4 Å². The van der Waals surface area contributed by atoms with Gasteiger partial charge in [-0.05, 0) is 68.5 Å². The Morgan fingerprint density at radius 3 is 2.67 bits per heavy atom. The maximum absolute atomic E-state index is 13.7. The van der Waals surface area contributed by atoms with Gasteiger partial charge >= 0.3 is 6.03 Å². The minimum atomic E-state index is -1.11.